The summed E-state index contributed by atoms with van der Waals surface area (Å²) >= 11 is 9.44. The van der Waals surface area contributed by atoms with E-state index in [1.807, 2.05) is 24.3 Å². The second-order valence-electron chi connectivity index (χ2n) is 4.94. The third-order valence-electron chi connectivity index (χ3n) is 3.33. The maximum absolute atomic E-state index is 12.1. The standard InChI is InChI=1S/C17H18BrClN2O3/c1-23-15-10-14(16(24-2)9-13(15)19)21-17(22)20-8-7-11-3-5-12(18)6-4-11/h3-6,9-10H,7-8H2,1-2H3,(H2,20,21,22). The molecule has 24 heavy (non-hydrogen) atoms. The van der Waals surface area contributed by atoms with Gasteiger partial charge < -0.3 is 20.1 Å². The minimum atomic E-state index is -0.324. The molecular weight excluding hydrogens is 396 g/mol. The van der Waals surface area contributed by atoms with E-state index < -0.39 is 0 Å². The van der Waals surface area contributed by atoms with Gasteiger partial charge in [0.1, 0.15) is 11.5 Å². The van der Waals surface area contributed by atoms with Crippen LogP contribution >= 0.6 is 27.5 Å². The zero-order valence-corrected chi connectivity index (χ0v) is 15.7. The summed E-state index contributed by atoms with van der Waals surface area (Å²) in [5, 5.41) is 5.96. The molecule has 0 unspecified atom stereocenters. The molecule has 0 aliphatic carbocycles. The van der Waals surface area contributed by atoms with Gasteiger partial charge in [-0.2, -0.15) is 0 Å². The number of amides is 2. The van der Waals surface area contributed by atoms with E-state index in [0.717, 1.165) is 16.5 Å². The van der Waals surface area contributed by atoms with Crippen LogP contribution in [0.1, 0.15) is 5.56 Å². The van der Waals surface area contributed by atoms with Gasteiger partial charge in [-0.15, -0.1) is 0 Å². The molecule has 0 heterocycles. The van der Waals surface area contributed by atoms with Crippen LogP contribution in [0.15, 0.2) is 40.9 Å². The van der Waals surface area contributed by atoms with Gasteiger partial charge in [0.05, 0.1) is 24.9 Å². The first-order chi connectivity index (χ1) is 11.5. The lowest BCUT2D eigenvalue weighted by molar-refractivity contribution is 0.252. The maximum atomic E-state index is 12.1. The van der Waals surface area contributed by atoms with E-state index in [9.17, 15) is 4.79 Å². The summed E-state index contributed by atoms with van der Waals surface area (Å²) in [5.41, 5.74) is 1.63. The number of urea groups is 1. The minimum absolute atomic E-state index is 0.324. The molecule has 0 aliphatic rings. The number of carbonyl (C=O) groups excluding carboxylic acids is 1. The van der Waals surface area contributed by atoms with E-state index in [0.29, 0.717) is 28.8 Å². The van der Waals surface area contributed by atoms with Gasteiger partial charge in [0.2, 0.25) is 0 Å². The summed E-state index contributed by atoms with van der Waals surface area (Å²) in [7, 11) is 3.02. The Hall–Kier alpha value is -1.92. The number of hydrogen-bond donors (Lipinski definition) is 2. The average molecular weight is 414 g/mol. The molecule has 0 saturated heterocycles. The average Bonchev–Trinajstić information content (AvgIpc) is 2.57. The van der Waals surface area contributed by atoms with Crippen molar-refractivity contribution >= 4 is 39.2 Å². The highest BCUT2D eigenvalue weighted by molar-refractivity contribution is 9.10. The van der Waals surface area contributed by atoms with Crippen LogP contribution in [-0.4, -0.2) is 26.8 Å². The second-order valence-corrected chi connectivity index (χ2v) is 6.27. The Labute approximate surface area is 154 Å². The van der Waals surface area contributed by atoms with Crippen LogP contribution in [0.3, 0.4) is 0 Å². The van der Waals surface area contributed by atoms with E-state index in [2.05, 4.69) is 26.6 Å². The van der Waals surface area contributed by atoms with Crippen LogP contribution in [0.5, 0.6) is 11.5 Å². The lowest BCUT2D eigenvalue weighted by Crippen LogP contribution is -2.30. The smallest absolute Gasteiger partial charge is 0.319 e. The molecule has 0 spiro atoms. The molecule has 0 atom stereocenters. The van der Waals surface area contributed by atoms with Gasteiger partial charge in [0.25, 0.3) is 0 Å². The predicted molar refractivity (Wildman–Crippen MR) is 99.4 cm³/mol. The van der Waals surface area contributed by atoms with E-state index in [1.54, 1.807) is 12.1 Å². The number of rotatable bonds is 6. The number of hydrogen-bond acceptors (Lipinski definition) is 3. The number of benzene rings is 2. The van der Waals surface area contributed by atoms with Gasteiger partial charge in [-0.3, -0.25) is 0 Å². The van der Waals surface area contributed by atoms with E-state index in [1.165, 1.54) is 14.2 Å². The van der Waals surface area contributed by atoms with Crippen molar-refractivity contribution < 1.29 is 14.3 Å². The molecular formula is C17H18BrClN2O3. The minimum Gasteiger partial charge on any atom is -0.495 e. The molecule has 0 aliphatic heterocycles. The monoisotopic (exact) mass is 412 g/mol. The maximum Gasteiger partial charge on any atom is 0.319 e. The van der Waals surface area contributed by atoms with Crippen LogP contribution in [0, 0.1) is 0 Å². The molecule has 2 aromatic carbocycles. The van der Waals surface area contributed by atoms with E-state index in [-0.39, 0.29) is 6.03 Å². The van der Waals surface area contributed by atoms with Gasteiger partial charge in [-0.1, -0.05) is 39.7 Å². The third kappa shape index (κ3) is 5.04. The molecule has 0 saturated carbocycles. The van der Waals surface area contributed by atoms with E-state index >= 15 is 0 Å². The molecule has 2 aromatic rings. The fourth-order valence-corrected chi connectivity index (χ4v) is 2.59. The Morgan fingerprint density at radius 3 is 2.42 bits per heavy atom. The van der Waals surface area contributed by atoms with Crippen molar-refractivity contribution in [1.82, 2.24) is 5.32 Å². The number of ether oxygens (including phenoxy) is 2. The van der Waals surface area contributed by atoms with Crippen LogP contribution in [0.2, 0.25) is 5.02 Å². The zero-order chi connectivity index (χ0) is 17.5. The van der Waals surface area contributed by atoms with Gasteiger partial charge in [-0.05, 0) is 24.1 Å². The van der Waals surface area contributed by atoms with Crippen molar-refractivity contribution in [2.45, 2.75) is 6.42 Å². The Kier molecular flexibility index (Phi) is 6.75. The number of carbonyl (C=O) groups is 1. The number of anilines is 1. The van der Waals surface area contributed by atoms with Crippen LogP contribution in [-0.2, 0) is 6.42 Å². The summed E-state index contributed by atoms with van der Waals surface area (Å²) in [6.45, 7) is 0.514. The molecule has 2 amide bonds. The number of methoxy groups -OCH3 is 2. The molecule has 2 N–H and O–H groups in total. The summed E-state index contributed by atoms with van der Waals surface area (Å²) in [4.78, 5) is 12.1. The van der Waals surface area contributed by atoms with Gasteiger partial charge >= 0.3 is 6.03 Å². The summed E-state index contributed by atoms with van der Waals surface area (Å²) < 4.78 is 11.4. The first kappa shape index (κ1) is 18.4. The molecule has 5 nitrogen and oxygen atoms in total. The predicted octanol–water partition coefficient (Wildman–Crippen LogP) is 4.48. The van der Waals surface area contributed by atoms with Crippen LogP contribution in [0.25, 0.3) is 0 Å². The summed E-state index contributed by atoms with van der Waals surface area (Å²) in [6, 6.07) is 10.9. The molecule has 0 aromatic heterocycles. The molecule has 7 heteroatoms. The zero-order valence-electron chi connectivity index (χ0n) is 13.4. The van der Waals surface area contributed by atoms with Crippen molar-refractivity contribution in [3.63, 3.8) is 0 Å². The second kappa shape index (κ2) is 8.80. The summed E-state index contributed by atoms with van der Waals surface area (Å²) in [5.74, 6) is 0.923. The van der Waals surface area contributed by atoms with Crippen molar-refractivity contribution in [3.05, 3.63) is 51.5 Å². The lowest BCUT2D eigenvalue weighted by Gasteiger charge is -2.13. The van der Waals surface area contributed by atoms with Gasteiger partial charge in [-0.25, -0.2) is 4.79 Å². The normalized spacial score (nSPS) is 10.2. The van der Waals surface area contributed by atoms with Crippen LogP contribution in [0.4, 0.5) is 10.5 Å². The highest BCUT2D eigenvalue weighted by Crippen LogP contribution is 2.35. The fraction of sp³-hybridized carbons (Fsp3) is 0.235. The fourth-order valence-electron chi connectivity index (χ4n) is 2.10. The van der Waals surface area contributed by atoms with Gasteiger partial charge in [0.15, 0.2) is 0 Å². The number of nitrogens with one attached hydrogen (secondary N) is 2. The van der Waals surface area contributed by atoms with E-state index in [4.69, 9.17) is 21.1 Å². The molecule has 0 radical (unpaired) electrons. The SMILES string of the molecule is COc1cc(NC(=O)NCCc2ccc(Br)cc2)c(OC)cc1Cl. The Morgan fingerprint density at radius 1 is 1.12 bits per heavy atom. The number of halogens is 2. The Balaban J connectivity index is 1.93. The molecule has 0 bridgehead atoms. The summed E-state index contributed by atoms with van der Waals surface area (Å²) in [6.07, 6.45) is 0.738. The third-order valence-corrected chi connectivity index (χ3v) is 4.16. The largest absolute Gasteiger partial charge is 0.495 e. The quantitative estimate of drug-likeness (QED) is 0.734. The van der Waals surface area contributed by atoms with Crippen molar-refractivity contribution in [2.75, 3.05) is 26.1 Å². The van der Waals surface area contributed by atoms with Crippen molar-refractivity contribution in [1.29, 1.82) is 0 Å². The molecule has 128 valence electrons. The Morgan fingerprint density at radius 2 is 1.79 bits per heavy atom. The molecule has 2 rings (SSSR count). The van der Waals surface area contributed by atoms with Crippen LogP contribution < -0.4 is 20.1 Å². The first-order valence-electron chi connectivity index (χ1n) is 7.24. The highest BCUT2D eigenvalue weighted by Gasteiger charge is 2.12. The van der Waals surface area contributed by atoms with Crippen molar-refractivity contribution in [3.8, 4) is 11.5 Å². The molecule has 0 fully saturated rings. The Bertz CT molecular complexity index is 708. The van der Waals surface area contributed by atoms with Gasteiger partial charge in [0, 0.05) is 23.2 Å². The first-order valence-corrected chi connectivity index (χ1v) is 8.41. The topological polar surface area (TPSA) is 59.6 Å². The lowest BCUT2D eigenvalue weighted by atomic mass is 10.1. The highest BCUT2D eigenvalue weighted by atomic mass is 79.9. The van der Waals surface area contributed by atoms with Crippen molar-refractivity contribution in [2.24, 2.45) is 0 Å².